The van der Waals surface area contributed by atoms with E-state index in [9.17, 15) is 10.1 Å². The Balaban J connectivity index is 1.60. The third-order valence-corrected chi connectivity index (χ3v) is 5.74. The molecule has 1 aliphatic heterocycles. The van der Waals surface area contributed by atoms with Crippen LogP contribution in [0.4, 0.5) is 11.4 Å². The monoisotopic (exact) mass is 431 g/mol. The van der Waals surface area contributed by atoms with Crippen LogP contribution in [0.3, 0.4) is 0 Å². The van der Waals surface area contributed by atoms with Crippen molar-refractivity contribution in [2.24, 2.45) is 0 Å². The number of carbonyl (C=O) groups excluding carboxylic acids is 1. The first kappa shape index (κ1) is 20.9. The minimum Gasteiger partial charge on any atom is -0.369 e. The molecule has 0 fully saturated rings. The smallest absolute Gasteiger partial charge is 0.248 e. The number of nitriles is 1. The van der Waals surface area contributed by atoms with E-state index in [-0.39, 0.29) is 17.9 Å². The van der Waals surface area contributed by atoms with Gasteiger partial charge in [0.25, 0.3) is 0 Å². The van der Waals surface area contributed by atoms with Crippen molar-refractivity contribution < 1.29 is 4.79 Å². The average molecular weight is 432 g/mol. The van der Waals surface area contributed by atoms with Crippen LogP contribution >= 0.6 is 11.6 Å². The second-order valence-electron chi connectivity index (χ2n) is 7.58. The quantitative estimate of drug-likeness (QED) is 0.535. The molecule has 0 aliphatic carbocycles. The van der Waals surface area contributed by atoms with Crippen molar-refractivity contribution in [2.75, 3.05) is 17.2 Å². The summed E-state index contributed by atoms with van der Waals surface area (Å²) in [5, 5.41) is 20.0. The minimum atomic E-state index is -0.608. The number of rotatable bonds is 6. The maximum atomic E-state index is 13.0. The van der Waals surface area contributed by atoms with Gasteiger partial charge in [-0.15, -0.1) is 0 Å². The van der Waals surface area contributed by atoms with Crippen LogP contribution in [0.2, 0.25) is 5.02 Å². The number of aromatic nitrogens is 1. The van der Waals surface area contributed by atoms with Gasteiger partial charge in [-0.1, -0.05) is 42.8 Å². The van der Waals surface area contributed by atoms with Crippen molar-refractivity contribution in [1.29, 1.82) is 5.26 Å². The molecule has 0 radical (unpaired) electrons. The van der Waals surface area contributed by atoms with Gasteiger partial charge in [0, 0.05) is 24.0 Å². The Morgan fingerprint density at radius 3 is 2.68 bits per heavy atom. The Morgan fingerprint density at radius 2 is 1.97 bits per heavy atom. The number of para-hydroxylation sites is 1. The van der Waals surface area contributed by atoms with E-state index >= 15 is 0 Å². The van der Waals surface area contributed by atoms with Gasteiger partial charge in [0.2, 0.25) is 5.91 Å². The van der Waals surface area contributed by atoms with E-state index < -0.39 is 6.04 Å². The molecule has 1 aromatic heterocycles. The lowest BCUT2D eigenvalue weighted by atomic mass is 9.95. The van der Waals surface area contributed by atoms with Crippen molar-refractivity contribution >= 4 is 28.9 Å². The SMILES string of the molecule is C[C@H](CN[C@H](c1cccnc1)[C@@H]1Nc2c(C#N)cccc2NC1=O)c1ccc(Cl)cc1. The van der Waals surface area contributed by atoms with Crippen LogP contribution in [0.25, 0.3) is 0 Å². The zero-order chi connectivity index (χ0) is 21.8. The molecule has 31 heavy (non-hydrogen) atoms. The van der Waals surface area contributed by atoms with Crippen LogP contribution in [0.5, 0.6) is 0 Å². The maximum Gasteiger partial charge on any atom is 0.248 e. The van der Waals surface area contributed by atoms with Gasteiger partial charge < -0.3 is 16.0 Å². The van der Waals surface area contributed by atoms with E-state index in [0.717, 1.165) is 11.1 Å². The molecular formula is C24H22ClN5O. The summed E-state index contributed by atoms with van der Waals surface area (Å²) in [6.45, 7) is 2.76. The van der Waals surface area contributed by atoms with Crippen LogP contribution < -0.4 is 16.0 Å². The number of hydrogen-bond donors (Lipinski definition) is 3. The Kier molecular flexibility index (Phi) is 6.17. The van der Waals surface area contributed by atoms with Gasteiger partial charge in [0.1, 0.15) is 12.1 Å². The van der Waals surface area contributed by atoms with Gasteiger partial charge in [0.05, 0.1) is 23.0 Å². The van der Waals surface area contributed by atoms with E-state index in [4.69, 9.17) is 11.6 Å². The van der Waals surface area contributed by atoms with Crippen molar-refractivity contribution in [2.45, 2.75) is 24.9 Å². The van der Waals surface area contributed by atoms with Crippen LogP contribution in [0, 0.1) is 11.3 Å². The lowest BCUT2D eigenvalue weighted by molar-refractivity contribution is -0.117. The number of amides is 1. The zero-order valence-corrected chi connectivity index (χ0v) is 17.7. The highest BCUT2D eigenvalue weighted by molar-refractivity contribution is 6.30. The predicted molar refractivity (Wildman–Crippen MR) is 122 cm³/mol. The first-order valence-electron chi connectivity index (χ1n) is 10.1. The summed E-state index contributed by atoms with van der Waals surface area (Å²) in [4.78, 5) is 17.2. The van der Waals surface area contributed by atoms with Gasteiger partial charge in [-0.25, -0.2) is 0 Å². The number of hydrogen-bond acceptors (Lipinski definition) is 5. The first-order chi connectivity index (χ1) is 15.1. The van der Waals surface area contributed by atoms with Gasteiger partial charge in [-0.2, -0.15) is 5.26 Å². The molecule has 0 saturated heterocycles. The van der Waals surface area contributed by atoms with Crippen molar-refractivity contribution in [1.82, 2.24) is 10.3 Å². The topological polar surface area (TPSA) is 89.8 Å². The molecule has 6 nitrogen and oxygen atoms in total. The molecule has 1 amide bonds. The molecule has 3 aromatic rings. The fraction of sp³-hybridized carbons (Fsp3) is 0.208. The fourth-order valence-corrected chi connectivity index (χ4v) is 3.90. The van der Waals surface area contributed by atoms with Crippen LogP contribution in [0.1, 0.15) is 35.6 Å². The highest BCUT2D eigenvalue weighted by Gasteiger charge is 2.34. The van der Waals surface area contributed by atoms with Crippen LogP contribution in [-0.4, -0.2) is 23.5 Å². The van der Waals surface area contributed by atoms with Crippen LogP contribution in [0.15, 0.2) is 67.0 Å². The number of nitrogens with one attached hydrogen (secondary N) is 3. The van der Waals surface area contributed by atoms with Gasteiger partial charge >= 0.3 is 0 Å². The third kappa shape index (κ3) is 4.53. The molecule has 2 heterocycles. The van der Waals surface area contributed by atoms with Crippen molar-refractivity contribution in [3.05, 3.63) is 88.7 Å². The summed E-state index contributed by atoms with van der Waals surface area (Å²) in [5.41, 5.74) is 3.77. The normalized spacial score (nSPS) is 16.9. The van der Waals surface area contributed by atoms with E-state index in [1.165, 1.54) is 0 Å². The molecule has 0 saturated carbocycles. The standard InChI is InChI=1S/C24H22ClN5O/c1-15(16-7-9-19(25)10-8-16)13-28-22(18-5-3-11-27-14-18)23-24(31)29-20-6-2-4-17(12-26)21(20)30-23/h2-11,14-15,22-23,28,30H,13H2,1H3,(H,29,31)/t15-,22-,23+/m1/s1. The minimum absolute atomic E-state index is 0.164. The lowest BCUT2D eigenvalue weighted by Crippen LogP contribution is -2.48. The highest BCUT2D eigenvalue weighted by atomic mass is 35.5. The van der Waals surface area contributed by atoms with E-state index in [0.29, 0.717) is 28.5 Å². The molecule has 1 aliphatic rings. The highest BCUT2D eigenvalue weighted by Crippen LogP contribution is 2.33. The predicted octanol–water partition coefficient (Wildman–Crippen LogP) is 4.47. The molecule has 2 aromatic carbocycles. The maximum absolute atomic E-state index is 13.0. The number of anilines is 2. The van der Waals surface area contributed by atoms with E-state index in [2.05, 4.69) is 33.9 Å². The second kappa shape index (κ2) is 9.17. The summed E-state index contributed by atoms with van der Waals surface area (Å²) in [6, 6.07) is 18.1. The van der Waals surface area contributed by atoms with Crippen LogP contribution in [-0.2, 0) is 4.79 Å². The van der Waals surface area contributed by atoms with Crippen molar-refractivity contribution in [3.63, 3.8) is 0 Å². The summed E-state index contributed by atoms with van der Waals surface area (Å²) < 4.78 is 0. The Bertz CT molecular complexity index is 1110. The average Bonchev–Trinajstić information content (AvgIpc) is 2.80. The zero-order valence-electron chi connectivity index (χ0n) is 17.0. The molecule has 0 bridgehead atoms. The summed E-state index contributed by atoms with van der Waals surface area (Å²) in [6.07, 6.45) is 3.46. The van der Waals surface area contributed by atoms with Crippen molar-refractivity contribution in [3.8, 4) is 6.07 Å². The molecule has 3 N–H and O–H groups in total. The van der Waals surface area contributed by atoms with Gasteiger partial charge in [-0.3, -0.25) is 9.78 Å². The molecule has 156 valence electrons. The molecule has 0 unspecified atom stereocenters. The third-order valence-electron chi connectivity index (χ3n) is 5.48. The number of nitrogens with zero attached hydrogens (tertiary/aromatic N) is 2. The Labute approximate surface area is 186 Å². The summed E-state index contributed by atoms with van der Waals surface area (Å²) in [7, 11) is 0. The molecule has 0 spiro atoms. The number of fused-ring (bicyclic) bond motifs is 1. The van der Waals surface area contributed by atoms with Gasteiger partial charge in [0.15, 0.2) is 0 Å². The summed E-state index contributed by atoms with van der Waals surface area (Å²) in [5.74, 6) is 0.0353. The number of pyridine rings is 1. The number of benzene rings is 2. The fourth-order valence-electron chi connectivity index (χ4n) is 3.77. The molecular weight excluding hydrogens is 410 g/mol. The first-order valence-corrected chi connectivity index (χ1v) is 10.4. The van der Waals surface area contributed by atoms with Gasteiger partial charge in [-0.05, 0) is 47.4 Å². The largest absolute Gasteiger partial charge is 0.369 e. The summed E-state index contributed by atoms with van der Waals surface area (Å²) >= 11 is 6.01. The second-order valence-corrected chi connectivity index (χ2v) is 8.01. The Hall–Kier alpha value is -3.40. The lowest BCUT2D eigenvalue weighted by Gasteiger charge is -2.34. The van der Waals surface area contributed by atoms with E-state index in [1.54, 1.807) is 30.6 Å². The van der Waals surface area contributed by atoms with E-state index in [1.807, 2.05) is 36.4 Å². The number of halogens is 1. The number of carbonyl (C=O) groups is 1. The Morgan fingerprint density at radius 1 is 1.16 bits per heavy atom. The molecule has 3 atom stereocenters. The molecule has 7 heteroatoms. The molecule has 4 rings (SSSR count).